The van der Waals surface area contributed by atoms with Crippen LogP contribution in [0.2, 0.25) is 0 Å². The molecule has 2 aliphatic rings. The number of amides is 2. The van der Waals surface area contributed by atoms with Crippen LogP contribution in [0.25, 0.3) is 0 Å². The van der Waals surface area contributed by atoms with Crippen LogP contribution in [0.15, 0.2) is 24.3 Å². The number of nitrogens with zero attached hydrogens (tertiary/aromatic N) is 1. The predicted octanol–water partition coefficient (Wildman–Crippen LogP) is 0.812. The van der Waals surface area contributed by atoms with E-state index in [1.165, 1.54) is 12.1 Å². The number of rotatable bonds is 3. The van der Waals surface area contributed by atoms with Gasteiger partial charge >= 0.3 is 11.9 Å². The van der Waals surface area contributed by atoms with Crippen molar-refractivity contribution < 1.29 is 28.7 Å². The highest BCUT2D eigenvalue weighted by atomic mass is 16.6. The van der Waals surface area contributed by atoms with Crippen LogP contribution in [0.5, 0.6) is 0 Å². The monoisotopic (exact) mass is 303 g/mol. The standard InChI is InChI=1S/C15H13NO6/c17-12-4-5-13(18)16(12)10-3-1-2-9(8-10)14(19)22-11-6-7-21-15(11)20/h1-3,8,11H,4-7H2/t11-/m0/s1. The molecule has 7 heteroatoms. The summed E-state index contributed by atoms with van der Waals surface area (Å²) in [6, 6.07) is 6.03. The van der Waals surface area contributed by atoms with Gasteiger partial charge in [-0.3, -0.25) is 14.5 Å². The molecule has 7 nitrogen and oxygen atoms in total. The summed E-state index contributed by atoms with van der Waals surface area (Å²) in [5, 5.41) is 0. The van der Waals surface area contributed by atoms with E-state index in [9.17, 15) is 19.2 Å². The zero-order valence-corrected chi connectivity index (χ0v) is 11.6. The van der Waals surface area contributed by atoms with Gasteiger partial charge in [-0.05, 0) is 18.2 Å². The number of anilines is 1. The Bertz CT molecular complexity index is 652. The second-order valence-corrected chi connectivity index (χ2v) is 5.02. The number of cyclic esters (lactones) is 1. The van der Waals surface area contributed by atoms with E-state index in [2.05, 4.69) is 0 Å². The number of carbonyl (C=O) groups is 4. The van der Waals surface area contributed by atoms with Crippen molar-refractivity contribution in [1.29, 1.82) is 0 Å². The number of esters is 2. The van der Waals surface area contributed by atoms with Gasteiger partial charge < -0.3 is 9.47 Å². The molecule has 2 saturated heterocycles. The van der Waals surface area contributed by atoms with Crippen LogP contribution in [0, 0.1) is 0 Å². The second kappa shape index (κ2) is 5.59. The Balaban J connectivity index is 1.79. The van der Waals surface area contributed by atoms with Crippen LogP contribution in [0.1, 0.15) is 29.6 Å². The van der Waals surface area contributed by atoms with Gasteiger partial charge in [0.1, 0.15) is 0 Å². The molecule has 0 aromatic heterocycles. The van der Waals surface area contributed by atoms with Gasteiger partial charge in [0.15, 0.2) is 0 Å². The largest absolute Gasteiger partial charge is 0.463 e. The molecule has 1 atom stereocenters. The van der Waals surface area contributed by atoms with E-state index < -0.39 is 18.0 Å². The van der Waals surface area contributed by atoms with Crippen molar-refractivity contribution in [3.05, 3.63) is 29.8 Å². The van der Waals surface area contributed by atoms with E-state index in [1.54, 1.807) is 12.1 Å². The van der Waals surface area contributed by atoms with Crippen molar-refractivity contribution in [2.45, 2.75) is 25.4 Å². The Hall–Kier alpha value is -2.70. The molecule has 0 bridgehead atoms. The average molecular weight is 303 g/mol. The van der Waals surface area contributed by atoms with Gasteiger partial charge in [-0.1, -0.05) is 6.07 Å². The highest BCUT2D eigenvalue weighted by Gasteiger charge is 2.32. The molecule has 0 spiro atoms. The van der Waals surface area contributed by atoms with Gasteiger partial charge in [0.2, 0.25) is 17.9 Å². The van der Waals surface area contributed by atoms with Crippen LogP contribution in [-0.2, 0) is 23.9 Å². The lowest BCUT2D eigenvalue weighted by Gasteiger charge is -2.15. The first-order valence-electron chi connectivity index (χ1n) is 6.90. The number of hydrogen-bond donors (Lipinski definition) is 0. The smallest absolute Gasteiger partial charge is 0.347 e. The Kier molecular flexibility index (Phi) is 3.62. The third-order valence-corrected chi connectivity index (χ3v) is 3.53. The maximum absolute atomic E-state index is 12.1. The Morgan fingerprint density at radius 2 is 1.91 bits per heavy atom. The van der Waals surface area contributed by atoms with Crippen molar-refractivity contribution in [3.8, 4) is 0 Å². The normalized spacial score (nSPS) is 21.2. The quantitative estimate of drug-likeness (QED) is 0.606. The fourth-order valence-electron chi connectivity index (χ4n) is 2.42. The summed E-state index contributed by atoms with van der Waals surface area (Å²) in [4.78, 5) is 47.9. The Morgan fingerprint density at radius 1 is 1.18 bits per heavy atom. The first kappa shape index (κ1) is 14.2. The van der Waals surface area contributed by atoms with E-state index in [0.717, 1.165) is 4.90 Å². The first-order chi connectivity index (χ1) is 10.6. The molecule has 2 heterocycles. The van der Waals surface area contributed by atoms with Gasteiger partial charge in [0.05, 0.1) is 17.9 Å². The number of hydrogen-bond acceptors (Lipinski definition) is 6. The average Bonchev–Trinajstić information content (AvgIpc) is 3.05. The van der Waals surface area contributed by atoms with E-state index in [4.69, 9.17) is 9.47 Å². The summed E-state index contributed by atoms with van der Waals surface area (Å²) in [5.41, 5.74) is 0.501. The number of carbonyl (C=O) groups excluding carboxylic acids is 4. The summed E-state index contributed by atoms with van der Waals surface area (Å²) >= 11 is 0. The third-order valence-electron chi connectivity index (χ3n) is 3.53. The van der Waals surface area contributed by atoms with Crippen molar-refractivity contribution in [2.24, 2.45) is 0 Å². The molecule has 22 heavy (non-hydrogen) atoms. The number of imide groups is 1. The maximum Gasteiger partial charge on any atom is 0.347 e. The lowest BCUT2D eigenvalue weighted by atomic mass is 10.2. The maximum atomic E-state index is 12.1. The molecular formula is C15H13NO6. The SMILES string of the molecule is O=C(O[C@H]1CCOC1=O)c1cccc(N2C(=O)CCC2=O)c1. The minimum Gasteiger partial charge on any atom is -0.463 e. The molecule has 0 unspecified atom stereocenters. The summed E-state index contributed by atoms with van der Waals surface area (Å²) < 4.78 is 9.80. The van der Waals surface area contributed by atoms with Crippen molar-refractivity contribution in [2.75, 3.05) is 11.5 Å². The highest BCUT2D eigenvalue weighted by molar-refractivity contribution is 6.20. The minimum atomic E-state index is -0.897. The summed E-state index contributed by atoms with van der Waals surface area (Å²) in [6.45, 7) is 0.230. The van der Waals surface area contributed by atoms with Crippen LogP contribution >= 0.6 is 0 Å². The topological polar surface area (TPSA) is 90.0 Å². The van der Waals surface area contributed by atoms with Crippen LogP contribution in [0.4, 0.5) is 5.69 Å². The molecule has 1 aromatic carbocycles. The highest BCUT2D eigenvalue weighted by Crippen LogP contribution is 2.24. The fourth-order valence-corrected chi connectivity index (χ4v) is 2.42. The molecule has 3 rings (SSSR count). The lowest BCUT2D eigenvalue weighted by molar-refractivity contribution is -0.145. The van der Waals surface area contributed by atoms with Gasteiger partial charge in [-0.2, -0.15) is 0 Å². The summed E-state index contributed by atoms with van der Waals surface area (Å²) in [7, 11) is 0. The molecule has 0 saturated carbocycles. The molecule has 1 aromatic rings. The molecule has 2 amide bonds. The number of benzene rings is 1. The van der Waals surface area contributed by atoms with Crippen molar-refractivity contribution in [1.82, 2.24) is 0 Å². The van der Waals surface area contributed by atoms with Crippen LogP contribution in [-0.4, -0.2) is 36.5 Å². The van der Waals surface area contributed by atoms with Crippen molar-refractivity contribution >= 4 is 29.4 Å². The first-order valence-corrected chi connectivity index (χ1v) is 6.90. The Morgan fingerprint density at radius 3 is 2.55 bits per heavy atom. The van der Waals surface area contributed by atoms with Crippen molar-refractivity contribution in [3.63, 3.8) is 0 Å². The molecule has 2 aliphatic heterocycles. The molecule has 0 radical (unpaired) electrons. The van der Waals surface area contributed by atoms with Crippen LogP contribution in [0.3, 0.4) is 0 Å². The zero-order valence-electron chi connectivity index (χ0n) is 11.6. The molecule has 114 valence electrons. The van der Waals surface area contributed by atoms with Gasteiger partial charge in [0, 0.05) is 19.3 Å². The van der Waals surface area contributed by atoms with E-state index in [-0.39, 0.29) is 36.8 Å². The molecule has 0 aliphatic carbocycles. The summed E-state index contributed by atoms with van der Waals surface area (Å²) in [5.74, 6) is -1.84. The van der Waals surface area contributed by atoms with E-state index in [1.807, 2.05) is 0 Å². The third kappa shape index (κ3) is 2.57. The zero-order chi connectivity index (χ0) is 15.7. The van der Waals surface area contributed by atoms with Gasteiger partial charge in [0.25, 0.3) is 0 Å². The molecule has 2 fully saturated rings. The predicted molar refractivity (Wildman–Crippen MR) is 72.9 cm³/mol. The number of ether oxygens (including phenoxy) is 2. The fraction of sp³-hybridized carbons (Fsp3) is 0.333. The van der Waals surface area contributed by atoms with E-state index in [0.29, 0.717) is 12.1 Å². The molecule has 0 N–H and O–H groups in total. The summed E-state index contributed by atoms with van der Waals surface area (Å²) in [6.07, 6.45) is -0.234. The van der Waals surface area contributed by atoms with Crippen LogP contribution < -0.4 is 4.90 Å². The van der Waals surface area contributed by atoms with Gasteiger partial charge in [-0.25, -0.2) is 9.59 Å². The second-order valence-electron chi connectivity index (χ2n) is 5.02. The molecular weight excluding hydrogens is 290 g/mol. The van der Waals surface area contributed by atoms with Gasteiger partial charge in [-0.15, -0.1) is 0 Å². The Labute approximate surface area is 125 Å². The minimum absolute atomic E-state index is 0.168. The van der Waals surface area contributed by atoms with E-state index >= 15 is 0 Å². The lowest BCUT2D eigenvalue weighted by Crippen LogP contribution is -2.29.